The van der Waals surface area contributed by atoms with E-state index in [0.717, 1.165) is 32.1 Å². The molecule has 2 aromatic carbocycles. The molecule has 0 aromatic heterocycles. The molecule has 128 valence electrons. The second-order valence-corrected chi connectivity index (χ2v) is 6.96. The summed E-state index contributed by atoms with van der Waals surface area (Å²) in [5, 5.41) is 6.05. The van der Waals surface area contributed by atoms with Crippen molar-refractivity contribution in [2.45, 2.75) is 38.1 Å². The Labute approximate surface area is 147 Å². The van der Waals surface area contributed by atoms with Gasteiger partial charge in [-0.05, 0) is 61.4 Å². The standard InChI is InChI=1S/C21H22N2O2/c24-20(15-11-12-15)22-17-8-3-7-16(13-17)21(25)23-19-10-4-6-14-5-1-2-9-18(14)19/h1-3,5,7-9,13,15,19H,4,6,10-12H2,(H,22,24)(H,23,25). The first-order valence-corrected chi connectivity index (χ1v) is 9.00. The number of carbonyl (C=O) groups excluding carboxylic acids is 2. The van der Waals surface area contributed by atoms with Crippen molar-refractivity contribution in [1.29, 1.82) is 0 Å². The Morgan fingerprint density at radius 3 is 2.64 bits per heavy atom. The Bertz CT molecular complexity index is 811. The summed E-state index contributed by atoms with van der Waals surface area (Å²) in [7, 11) is 0. The number of carbonyl (C=O) groups is 2. The first-order valence-electron chi connectivity index (χ1n) is 9.00. The molecule has 1 saturated carbocycles. The quantitative estimate of drug-likeness (QED) is 0.892. The van der Waals surface area contributed by atoms with E-state index in [2.05, 4.69) is 28.8 Å². The van der Waals surface area contributed by atoms with E-state index >= 15 is 0 Å². The molecule has 1 atom stereocenters. The second kappa shape index (κ2) is 6.71. The van der Waals surface area contributed by atoms with E-state index in [1.54, 1.807) is 12.1 Å². The summed E-state index contributed by atoms with van der Waals surface area (Å²) in [4.78, 5) is 24.6. The van der Waals surface area contributed by atoms with Crippen LogP contribution in [0, 0.1) is 5.92 Å². The molecule has 0 bridgehead atoms. The SMILES string of the molecule is O=C(NC1CCCc2ccccc21)c1cccc(NC(=O)C2CC2)c1. The van der Waals surface area contributed by atoms with E-state index < -0.39 is 0 Å². The smallest absolute Gasteiger partial charge is 0.251 e. The van der Waals surface area contributed by atoms with Crippen LogP contribution in [0.1, 0.15) is 53.2 Å². The van der Waals surface area contributed by atoms with Gasteiger partial charge in [-0.15, -0.1) is 0 Å². The largest absolute Gasteiger partial charge is 0.345 e. The van der Waals surface area contributed by atoms with Crippen molar-refractivity contribution >= 4 is 17.5 Å². The monoisotopic (exact) mass is 334 g/mol. The molecule has 1 fully saturated rings. The molecule has 4 rings (SSSR count). The van der Waals surface area contributed by atoms with Crippen LogP contribution in [0.25, 0.3) is 0 Å². The minimum absolute atomic E-state index is 0.0544. The Morgan fingerprint density at radius 1 is 0.960 bits per heavy atom. The number of anilines is 1. The fourth-order valence-corrected chi connectivity index (χ4v) is 3.47. The van der Waals surface area contributed by atoms with Crippen LogP contribution >= 0.6 is 0 Å². The van der Waals surface area contributed by atoms with E-state index in [9.17, 15) is 9.59 Å². The van der Waals surface area contributed by atoms with Crippen LogP contribution in [-0.4, -0.2) is 11.8 Å². The summed E-state index contributed by atoms with van der Waals surface area (Å²) < 4.78 is 0. The summed E-state index contributed by atoms with van der Waals surface area (Å²) in [5.41, 5.74) is 3.81. The molecule has 2 amide bonds. The normalized spacial score (nSPS) is 19.0. The molecule has 2 aliphatic carbocycles. The van der Waals surface area contributed by atoms with E-state index in [1.807, 2.05) is 18.2 Å². The Balaban J connectivity index is 1.47. The average Bonchev–Trinajstić information content (AvgIpc) is 3.47. The van der Waals surface area contributed by atoms with Crippen molar-refractivity contribution in [3.05, 3.63) is 65.2 Å². The Morgan fingerprint density at radius 2 is 1.80 bits per heavy atom. The number of benzene rings is 2. The minimum Gasteiger partial charge on any atom is -0.345 e. The lowest BCUT2D eigenvalue weighted by Gasteiger charge is -2.26. The first kappa shape index (κ1) is 15.9. The molecule has 2 aliphatic rings. The van der Waals surface area contributed by atoms with Gasteiger partial charge in [-0.3, -0.25) is 9.59 Å². The summed E-state index contributed by atoms with van der Waals surface area (Å²) in [6.45, 7) is 0. The lowest BCUT2D eigenvalue weighted by atomic mass is 9.87. The molecule has 25 heavy (non-hydrogen) atoms. The number of amides is 2. The second-order valence-electron chi connectivity index (χ2n) is 6.96. The van der Waals surface area contributed by atoms with Crippen LogP contribution in [0.3, 0.4) is 0 Å². The molecular formula is C21H22N2O2. The van der Waals surface area contributed by atoms with Gasteiger partial charge in [-0.1, -0.05) is 30.3 Å². The van der Waals surface area contributed by atoms with Crippen molar-refractivity contribution < 1.29 is 9.59 Å². The number of fused-ring (bicyclic) bond motifs is 1. The molecule has 0 saturated heterocycles. The van der Waals surface area contributed by atoms with Gasteiger partial charge >= 0.3 is 0 Å². The third kappa shape index (κ3) is 3.58. The number of nitrogens with one attached hydrogen (secondary N) is 2. The van der Waals surface area contributed by atoms with Crippen molar-refractivity contribution in [1.82, 2.24) is 5.32 Å². The van der Waals surface area contributed by atoms with E-state index in [0.29, 0.717) is 11.3 Å². The maximum atomic E-state index is 12.7. The number of hydrogen-bond donors (Lipinski definition) is 2. The number of rotatable bonds is 4. The van der Waals surface area contributed by atoms with Gasteiger partial charge < -0.3 is 10.6 Å². The van der Waals surface area contributed by atoms with Gasteiger partial charge in [0.1, 0.15) is 0 Å². The topological polar surface area (TPSA) is 58.2 Å². The lowest BCUT2D eigenvalue weighted by molar-refractivity contribution is -0.117. The van der Waals surface area contributed by atoms with Crippen molar-refractivity contribution in [3.8, 4) is 0 Å². The van der Waals surface area contributed by atoms with Gasteiger partial charge in [-0.25, -0.2) is 0 Å². The zero-order chi connectivity index (χ0) is 17.2. The molecule has 0 radical (unpaired) electrons. The first-order chi connectivity index (χ1) is 12.2. The van der Waals surface area contributed by atoms with Crippen LogP contribution in [0.15, 0.2) is 48.5 Å². The van der Waals surface area contributed by atoms with Crippen LogP contribution in [-0.2, 0) is 11.2 Å². The Hall–Kier alpha value is -2.62. The van der Waals surface area contributed by atoms with Gasteiger partial charge in [-0.2, -0.15) is 0 Å². The van der Waals surface area contributed by atoms with Gasteiger partial charge in [0.05, 0.1) is 6.04 Å². The highest BCUT2D eigenvalue weighted by Gasteiger charge is 2.29. The summed E-state index contributed by atoms with van der Waals surface area (Å²) in [6.07, 6.45) is 5.05. The molecule has 4 nitrogen and oxygen atoms in total. The maximum absolute atomic E-state index is 12.7. The van der Waals surface area contributed by atoms with Crippen molar-refractivity contribution in [2.24, 2.45) is 5.92 Å². The van der Waals surface area contributed by atoms with Crippen LogP contribution in [0.5, 0.6) is 0 Å². The van der Waals surface area contributed by atoms with Gasteiger partial charge in [0.15, 0.2) is 0 Å². The Kier molecular flexibility index (Phi) is 4.26. The van der Waals surface area contributed by atoms with Gasteiger partial charge in [0.25, 0.3) is 5.91 Å². The molecule has 0 spiro atoms. The predicted molar refractivity (Wildman–Crippen MR) is 97.4 cm³/mol. The zero-order valence-corrected chi connectivity index (χ0v) is 14.1. The van der Waals surface area contributed by atoms with Gasteiger partial charge in [0, 0.05) is 17.2 Å². The average molecular weight is 334 g/mol. The maximum Gasteiger partial charge on any atom is 0.251 e. The van der Waals surface area contributed by atoms with Crippen LogP contribution < -0.4 is 10.6 Å². The molecule has 4 heteroatoms. The lowest BCUT2D eigenvalue weighted by Crippen LogP contribution is -2.31. The molecule has 1 unspecified atom stereocenters. The highest BCUT2D eigenvalue weighted by molar-refractivity contribution is 5.98. The zero-order valence-electron chi connectivity index (χ0n) is 14.1. The van der Waals surface area contributed by atoms with Crippen LogP contribution in [0.2, 0.25) is 0 Å². The summed E-state index contributed by atoms with van der Waals surface area (Å²) >= 11 is 0. The highest BCUT2D eigenvalue weighted by Crippen LogP contribution is 2.31. The number of aryl methyl sites for hydroxylation is 1. The predicted octanol–water partition coefficient (Wildman–Crippen LogP) is 3.84. The third-order valence-electron chi connectivity index (χ3n) is 5.02. The van der Waals surface area contributed by atoms with Crippen molar-refractivity contribution in [2.75, 3.05) is 5.32 Å². The minimum atomic E-state index is -0.0933. The van der Waals surface area contributed by atoms with E-state index in [1.165, 1.54) is 11.1 Å². The van der Waals surface area contributed by atoms with Gasteiger partial charge in [0.2, 0.25) is 5.91 Å². The molecule has 0 heterocycles. The molecule has 0 aliphatic heterocycles. The molecule has 2 N–H and O–H groups in total. The van der Waals surface area contributed by atoms with E-state index in [-0.39, 0.29) is 23.8 Å². The summed E-state index contributed by atoms with van der Waals surface area (Å²) in [5.74, 6) is 0.110. The fraction of sp³-hybridized carbons (Fsp3) is 0.333. The third-order valence-corrected chi connectivity index (χ3v) is 5.02. The molecular weight excluding hydrogens is 312 g/mol. The highest BCUT2D eigenvalue weighted by atomic mass is 16.2. The molecule has 2 aromatic rings. The summed E-state index contributed by atoms with van der Waals surface area (Å²) in [6, 6.07) is 15.6. The van der Waals surface area contributed by atoms with Crippen molar-refractivity contribution in [3.63, 3.8) is 0 Å². The fourth-order valence-electron chi connectivity index (χ4n) is 3.47. The van der Waals surface area contributed by atoms with Crippen LogP contribution in [0.4, 0.5) is 5.69 Å². The number of hydrogen-bond acceptors (Lipinski definition) is 2. The van der Waals surface area contributed by atoms with E-state index in [4.69, 9.17) is 0 Å².